The molecule has 0 unspecified atom stereocenters. The maximum atomic E-state index is 12.2. The van der Waals surface area contributed by atoms with E-state index in [1.54, 1.807) is 36.1 Å². The largest absolute Gasteiger partial charge is 0.466 e. The van der Waals surface area contributed by atoms with E-state index in [9.17, 15) is 14.4 Å². The lowest BCUT2D eigenvalue weighted by atomic mass is 9.97. The molecule has 0 bridgehead atoms. The number of rotatable bonds is 6. The van der Waals surface area contributed by atoms with E-state index in [1.807, 2.05) is 6.07 Å². The molecule has 2 rings (SSSR count). The minimum absolute atomic E-state index is 0.00525. The van der Waals surface area contributed by atoms with Crippen LogP contribution in [-0.4, -0.2) is 48.9 Å². The Kier molecular flexibility index (Phi) is 6.78. The Balaban J connectivity index is 1.68. The summed E-state index contributed by atoms with van der Waals surface area (Å²) in [6.07, 6.45) is 1.55. The first-order valence-corrected chi connectivity index (χ1v) is 8.39. The van der Waals surface area contributed by atoms with E-state index in [0.717, 1.165) is 0 Å². The summed E-state index contributed by atoms with van der Waals surface area (Å²) in [6, 6.07) is 8.91. The molecule has 1 aromatic rings. The van der Waals surface area contributed by atoms with Crippen LogP contribution in [0.2, 0.25) is 0 Å². The van der Waals surface area contributed by atoms with Crippen molar-refractivity contribution in [1.29, 1.82) is 0 Å². The van der Waals surface area contributed by atoms with E-state index >= 15 is 0 Å². The highest BCUT2D eigenvalue weighted by Crippen LogP contribution is 2.19. The van der Waals surface area contributed by atoms with Crippen LogP contribution >= 0.6 is 0 Å². The third-order valence-corrected chi connectivity index (χ3v) is 4.13. The minimum atomic E-state index is -0.176. The summed E-state index contributed by atoms with van der Waals surface area (Å²) in [6.45, 7) is 3.62. The molecule has 0 spiro atoms. The van der Waals surface area contributed by atoms with Gasteiger partial charge in [0, 0.05) is 31.6 Å². The quantitative estimate of drug-likeness (QED) is 0.803. The molecule has 6 heteroatoms. The zero-order valence-corrected chi connectivity index (χ0v) is 14.0. The monoisotopic (exact) mass is 332 g/mol. The van der Waals surface area contributed by atoms with Gasteiger partial charge in [-0.25, -0.2) is 0 Å². The summed E-state index contributed by atoms with van der Waals surface area (Å²) in [5.41, 5.74) is 0.584. The van der Waals surface area contributed by atoms with Gasteiger partial charge in [-0.3, -0.25) is 14.4 Å². The van der Waals surface area contributed by atoms with Crippen molar-refractivity contribution in [2.45, 2.75) is 26.2 Å². The van der Waals surface area contributed by atoms with Gasteiger partial charge in [0.2, 0.25) is 5.91 Å². The van der Waals surface area contributed by atoms with Gasteiger partial charge >= 0.3 is 5.97 Å². The molecule has 0 atom stereocenters. The Morgan fingerprint density at radius 3 is 2.46 bits per heavy atom. The zero-order valence-electron chi connectivity index (χ0n) is 14.0. The Morgan fingerprint density at radius 1 is 1.17 bits per heavy atom. The van der Waals surface area contributed by atoms with Gasteiger partial charge in [0.25, 0.3) is 5.91 Å². The van der Waals surface area contributed by atoms with Crippen molar-refractivity contribution >= 4 is 17.8 Å². The van der Waals surface area contributed by atoms with Gasteiger partial charge in [-0.2, -0.15) is 0 Å². The molecule has 1 heterocycles. The molecule has 6 nitrogen and oxygen atoms in total. The SMILES string of the molecule is CCOC(=O)C1CCN(C(=O)CCNC(=O)c2ccccc2)CC1. The minimum Gasteiger partial charge on any atom is -0.466 e. The number of likely N-dealkylation sites (tertiary alicyclic amines) is 1. The fourth-order valence-corrected chi connectivity index (χ4v) is 2.76. The average Bonchev–Trinajstić information content (AvgIpc) is 2.62. The molecule has 1 saturated heterocycles. The van der Waals surface area contributed by atoms with Crippen LogP contribution in [0.25, 0.3) is 0 Å². The number of ether oxygens (including phenoxy) is 1. The summed E-state index contributed by atoms with van der Waals surface area (Å²) in [7, 11) is 0. The molecule has 1 aromatic carbocycles. The average molecular weight is 332 g/mol. The third-order valence-electron chi connectivity index (χ3n) is 4.13. The lowest BCUT2D eigenvalue weighted by Crippen LogP contribution is -2.41. The van der Waals surface area contributed by atoms with Crippen LogP contribution in [0.5, 0.6) is 0 Å². The van der Waals surface area contributed by atoms with Crippen LogP contribution in [0.15, 0.2) is 30.3 Å². The van der Waals surface area contributed by atoms with E-state index in [1.165, 1.54) is 0 Å². The van der Waals surface area contributed by atoms with Crippen LogP contribution in [0.4, 0.5) is 0 Å². The summed E-state index contributed by atoms with van der Waals surface area (Å²) in [5.74, 6) is -0.443. The van der Waals surface area contributed by atoms with Crippen LogP contribution in [-0.2, 0) is 14.3 Å². The molecule has 1 aliphatic rings. The van der Waals surface area contributed by atoms with Gasteiger partial charge in [-0.1, -0.05) is 18.2 Å². The standard InChI is InChI=1S/C18H24N2O4/c1-2-24-18(23)15-9-12-20(13-10-15)16(21)8-11-19-17(22)14-6-4-3-5-7-14/h3-7,15H,2,8-13H2,1H3,(H,19,22). The predicted molar refractivity (Wildman–Crippen MR) is 89.3 cm³/mol. The zero-order chi connectivity index (χ0) is 17.4. The number of benzene rings is 1. The van der Waals surface area contributed by atoms with E-state index in [4.69, 9.17) is 4.74 Å². The van der Waals surface area contributed by atoms with Crippen molar-refractivity contribution in [3.63, 3.8) is 0 Å². The van der Waals surface area contributed by atoms with Gasteiger partial charge in [-0.15, -0.1) is 0 Å². The molecule has 1 fully saturated rings. The first-order valence-electron chi connectivity index (χ1n) is 8.39. The predicted octanol–water partition coefficient (Wildman–Crippen LogP) is 1.61. The number of esters is 1. The lowest BCUT2D eigenvalue weighted by Gasteiger charge is -2.31. The molecular formula is C18H24N2O4. The Morgan fingerprint density at radius 2 is 1.83 bits per heavy atom. The number of hydrogen-bond acceptors (Lipinski definition) is 4. The van der Waals surface area contributed by atoms with Gasteiger partial charge in [0.05, 0.1) is 12.5 Å². The molecule has 2 amide bonds. The first-order chi connectivity index (χ1) is 11.6. The molecule has 1 aliphatic heterocycles. The number of piperidine rings is 1. The van der Waals surface area contributed by atoms with E-state index in [0.29, 0.717) is 44.6 Å². The van der Waals surface area contributed by atoms with E-state index in [-0.39, 0.29) is 30.1 Å². The molecular weight excluding hydrogens is 308 g/mol. The number of amides is 2. The molecule has 24 heavy (non-hydrogen) atoms. The van der Waals surface area contributed by atoms with Crippen molar-refractivity contribution in [1.82, 2.24) is 10.2 Å². The highest BCUT2D eigenvalue weighted by Gasteiger charge is 2.27. The maximum Gasteiger partial charge on any atom is 0.309 e. The molecule has 0 aliphatic carbocycles. The number of carbonyl (C=O) groups is 3. The van der Waals surface area contributed by atoms with Gasteiger partial charge < -0.3 is 15.0 Å². The Hall–Kier alpha value is -2.37. The van der Waals surface area contributed by atoms with Gasteiger partial charge in [0.15, 0.2) is 0 Å². The number of nitrogens with one attached hydrogen (secondary N) is 1. The van der Waals surface area contributed by atoms with Crippen LogP contribution in [0.3, 0.4) is 0 Å². The Labute approximate surface area is 142 Å². The third kappa shape index (κ3) is 5.08. The normalized spacial score (nSPS) is 15.0. The highest BCUT2D eigenvalue weighted by molar-refractivity contribution is 5.94. The summed E-state index contributed by atoms with van der Waals surface area (Å²) >= 11 is 0. The molecule has 0 aromatic heterocycles. The second-order valence-electron chi connectivity index (χ2n) is 5.78. The number of carbonyl (C=O) groups excluding carboxylic acids is 3. The van der Waals surface area contributed by atoms with E-state index in [2.05, 4.69) is 5.32 Å². The topological polar surface area (TPSA) is 75.7 Å². The Bertz CT molecular complexity index is 566. The maximum absolute atomic E-state index is 12.2. The van der Waals surface area contributed by atoms with Crippen molar-refractivity contribution in [3.8, 4) is 0 Å². The fraction of sp³-hybridized carbons (Fsp3) is 0.500. The van der Waals surface area contributed by atoms with Crippen LogP contribution < -0.4 is 5.32 Å². The van der Waals surface area contributed by atoms with Crippen molar-refractivity contribution in [3.05, 3.63) is 35.9 Å². The summed E-state index contributed by atoms with van der Waals surface area (Å²) in [5, 5.41) is 2.75. The number of nitrogens with zero attached hydrogens (tertiary/aromatic N) is 1. The number of hydrogen-bond donors (Lipinski definition) is 1. The lowest BCUT2D eigenvalue weighted by molar-refractivity contribution is -0.151. The first kappa shape index (κ1) is 18.0. The van der Waals surface area contributed by atoms with Crippen molar-refractivity contribution in [2.75, 3.05) is 26.2 Å². The van der Waals surface area contributed by atoms with Crippen molar-refractivity contribution in [2.24, 2.45) is 5.92 Å². The molecule has 1 N–H and O–H groups in total. The van der Waals surface area contributed by atoms with Crippen LogP contribution in [0.1, 0.15) is 36.5 Å². The smallest absolute Gasteiger partial charge is 0.309 e. The van der Waals surface area contributed by atoms with Crippen LogP contribution in [0, 0.1) is 5.92 Å². The second-order valence-corrected chi connectivity index (χ2v) is 5.78. The molecule has 0 radical (unpaired) electrons. The fourth-order valence-electron chi connectivity index (χ4n) is 2.76. The highest BCUT2D eigenvalue weighted by atomic mass is 16.5. The van der Waals surface area contributed by atoms with Crippen molar-refractivity contribution < 1.29 is 19.1 Å². The van der Waals surface area contributed by atoms with Gasteiger partial charge in [0.1, 0.15) is 0 Å². The molecule has 130 valence electrons. The second kappa shape index (κ2) is 9.05. The summed E-state index contributed by atoms with van der Waals surface area (Å²) in [4.78, 5) is 37.5. The van der Waals surface area contributed by atoms with E-state index < -0.39 is 0 Å². The summed E-state index contributed by atoms with van der Waals surface area (Å²) < 4.78 is 5.02. The van der Waals surface area contributed by atoms with Gasteiger partial charge in [-0.05, 0) is 31.9 Å². The molecule has 0 saturated carbocycles.